The molecule has 0 saturated carbocycles. The minimum Gasteiger partial charge on any atom is -0.487 e. The monoisotopic (exact) mass is 538 g/mol. The van der Waals surface area contributed by atoms with Crippen LogP contribution in [0.4, 0.5) is 5.13 Å². The second kappa shape index (κ2) is 7.76. The number of carbonyl (C=O) groups is 1. The van der Waals surface area contributed by atoms with Gasteiger partial charge in [-0.15, -0.1) is 10.2 Å². The van der Waals surface area contributed by atoms with Gasteiger partial charge in [0.05, 0.1) is 11.1 Å². The number of thiazole rings is 1. The summed E-state index contributed by atoms with van der Waals surface area (Å²) in [5.41, 5.74) is 1.24. The van der Waals surface area contributed by atoms with E-state index in [1.165, 1.54) is 20.5 Å². The van der Waals surface area contributed by atoms with Gasteiger partial charge in [-0.05, 0) is 52.8 Å². The highest BCUT2D eigenvalue weighted by Crippen LogP contribution is 2.42. The number of hydrogen-bond acceptors (Lipinski definition) is 8. The highest BCUT2D eigenvalue weighted by atomic mass is 127. The number of carboxylic acid groups (broad SMARTS) is 1. The molecule has 1 fully saturated rings. The van der Waals surface area contributed by atoms with Crippen LogP contribution in [-0.2, 0) is 17.8 Å². The molecule has 0 unspecified atom stereocenters. The first-order chi connectivity index (χ1) is 14.5. The van der Waals surface area contributed by atoms with Crippen LogP contribution in [0.15, 0.2) is 24.4 Å². The zero-order valence-electron chi connectivity index (χ0n) is 16.0. The molecule has 0 aliphatic carbocycles. The lowest BCUT2D eigenvalue weighted by Gasteiger charge is -2.44. The lowest BCUT2D eigenvalue weighted by Crippen LogP contribution is -2.49. The number of fused-ring (bicyclic) bond motifs is 1. The Labute approximate surface area is 190 Å². The molecule has 1 saturated heterocycles. The van der Waals surface area contributed by atoms with Crippen LogP contribution in [-0.4, -0.2) is 55.0 Å². The number of aromatic nitrogens is 5. The van der Waals surface area contributed by atoms with Crippen LogP contribution in [0, 0.1) is 3.57 Å². The van der Waals surface area contributed by atoms with Crippen molar-refractivity contribution in [2.24, 2.45) is 0 Å². The lowest BCUT2D eigenvalue weighted by molar-refractivity contribution is -0.138. The van der Waals surface area contributed by atoms with Crippen LogP contribution in [0.5, 0.6) is 5.75 Å². The number of hydrogen-bond donors (Lipinski definition) is 1. The topological polar surface area (TPSA) is 106 Å². The van der Waals surface area contributed by atoms with E-state index in [1.807, 2.05) is 0 Å². The largest absolute Gasteiger partial charge is 0.487 e. The third-order valence-corrected chi connectivity index (χ3v) is 7.69. The van der Waals surface area contributed by atoms with E-state index >= 15 is 0 Å². The number of tetrazole rings is 1. The average Bonchev–Trinajstić information content (AvgIpc) is 3.38. The van der Waals surface area contributed by atoms with Gasteiger partial charge in [0.25, 0.3) is 0 Å². The Kier molecular flexibility index (Phi) is 5.09. The first-order valence-electron chi connectivity index (χ1n) is 9.68. The fraction of sp³-hybridized carbons (Fsp3) is 0.421. The van der Waals surface area contributed by atoms with E-state index in [9.17, 15) is 4.79 Å². The summed E-state index contributed by atoms with van der Waals surface area (Å²) in [4.78, 5) is 19.4. The fourth-order valence-corrected chi connectivity index (χ4v) is 5.65. The summed E-state index contributed by atoms with van der Waals surface area (Å²) in [5, 5.41) is 21.6. The maximum Gasteiger partial charge on any atom is 0.327 e. The van der Waals surface area contributed by atoms with Crippen molar-refractivity contribution < 1.29 is 14.6 Å². The predicted octanol–water partition coefficient (Wildman–Crippen LogP) is 2.85. The minimum atomic E-state index is -1.01. The molecule has 1 N–H and O–H groups in total. The van der Waals surface area contributed by atoms with Crippen molar-refractivity contribution in [3.63, 3.8) is 0 Å². The van der Waals surface area contributed by atoms with Crippen molar-refractivity contribution in [3.05, 3.63) is 33.5 Å². The van der Waals surface area contributed by atoms with E-state index < -0.39 is 5.97 Å². The summed E-state index contributed by atoms with van der Waals surface area (Å²) in [6, 6.07) is 6.29. The third kappa shape index (κ3) is 3.75. The Morgan fingerprint density at radius 2 is 2.13 bits per heavy atom. The third-order valence-electron chi connectivity index (χ3n) is 5.62. The molecular formula is C19H19IN6O3S. The second-order valence-corrected chi connectivity index (χ2v) is 9.70. The number of aliphatic carboxylic acids is 1. The van der Waals surface area contributed by atoms with Gasteiger partial charge in [-0.1, -0.05) is 17.4 Å². The molecule has 156 valence electrons. The van der Waals surface area contributed by atoms with E-state index in [1.54, 1.807) is 6.20 Å². The van der Waals surface area contributed by atoms with Gasteiger partial charge in [0, 0.05) is 35.1 Å². The van der Waals surface area contributed by atoms with E-state index in [4.69, 9.17) is 9.84 Å². The van der Waals surface area contributed by atoms with Gasteiger partial charge in [0.15, 0.2) is 11.7 Å². The molecule has 0 radical (unpaired) electrons. The molecule has 1 spiro atoms. The van der Waals surface area contributed by atoms with Crippen LogP contribution in [0.1, 0.15) is 24.8 Å². The van der Waals surface area contributed by atoms with Gasteiger partial charge in [-0.25, -0.2) is 4.98 Å². The first kappa shape index (κ1) is 19.7. The Morgan fingerprint density at radius 3 is 2.93 bits per heavy atom. The molecule has 0 bridgehead atoms. The van der Waals surface area contributed by atoms with Gasteiger partial charge < -0.3 is 14.7 Å². The summed E-state index contributed by atoms with van der Waals surface area (Å²) < 4.78 is 7.79. The smallest absolute Gasteiger partial charge is 0.327 e. The number of rotatable bonds is 4. The standard InChI is InChI=1S/C19H19IN6O3S/c20-13-2-1-3-14-12(13)4-5-19(29-14)6-8-25(9-7-19)18-21-10-15(30-18)17-22-24-26(23-17)11-16(27)28/h1-3,10H,4-9,11H2,(H,27,28). The molecule has 0 amide bonds. The van der Waals surface area contributed by atoms with E-state index in [2.05, 4.69) is 66.1 Å². The van der Waals surface area contributed by atoms with Crippen LogP contribution < -0.4 is 9.64 Å². The Balaban J connectivity index is 1.25. The summed E-state index contributed by atoms with van der Waals surface area (Å²) in [6.45, 7) is 1.45. The number of ether oxygens (including phenoxy) is 1. The molecule has 2 aromatic heterocycles. The molecule has 2 aliphatic rings. The summed E-state index contributed by atoms with van der Waals surface area (Å²) >= 11 is 3.88. The molecule has 11 heteroatoms. The highest BCUT2D eigenvalue weighted by molar-refractivity contribution is 14.1. The summed E-state index contributed by atoms with van der Waals surface area (Å²) in [6.07, 6.45) is 5.75. The Morgan fingerprint density at radius 1 is 1.30 bits per heavy atom. The highest BCUT2D eigenvalue weighted by Gasteiger charge is 2.40. The van der Waals surface area contributed by atoms with Gasteiger partial charge >= 0.3 is 5.97 Å². The van der Waals surface area contributed by atoms with Gasteiger partial charge in [-0.3, -0.25) is 4.79 Å². The van der Waals surface area contributed by atoms with E-state index in [0.717, 1.165) is 59.3 Å². The number of benzene rings is 1. The molecule has 0 atom stereocenters. The van der Waals surface area contributed by atoms with Crippen LogP contribution in [0.2, 0.25) is 0 Å². The van der Waals surface area contributed by atoms with Crippen LogP contribution in [0.25, 0.3) is 10.7 Å². The SMILES string of the molecule is O=C(O)Cn1nnc(-c2cnc(N3CCC4(CCc5c(I)cccc5O4)CC3)s2)n1. The van der Waals surface area contributed by atoms with Crippen molar-refractivity contribution in [2.75, 3.05) is 18.0 Å². The second-order valence-electron chi connectivity index (χ2n) is 7.53. The molecular weight excluding hydrogens is 519 g/mol. The van der Waals surface area contributed by atoms with E-state index in [0.29, 0.717) is 5.82 Å². The zero-order chi connectivity index (χ0) is 20.7. The number of nitrogens with zero attached hydrogens (tertiary/aromatic N) is 6. The zero-order valence-corrected chi connectivity index (χ0v) is 19.0. The maximum absolute atomic E-state index is 10.8. The molecule has 9 nitrogen and oxygen atoms in total. The molecule has 1 aromatic carbocycles. The molecule has 2 aliphatic heterocycles. The molecule has 5 rings (SSSR count). The Bertz CT molecular complexity index is 1090. The summed E-state index contributed by atoms with van der Waals surface area (Å²) in [7, 11) is 0. The Hall–Kier alpha value is -2.28. The number of halogens is 1. The quantitative estimate of drug-likeness (QED) is 0.506. The predicted molar refractivity (Wildman–Crippen MR) is 119 cm³/mol. The van der Waals surface area contributed by atoms with Gasteiger partial charge in [0.1, 0.15) is 11.4 Å². The number of anilines is 1. The van der Waals surface area contributed by atoms with Crippen molar-refractivity contribution in [1.82, 2.24) is 25.2 Å². The lowest BCUT2D eigenvalue weighted by atomic mass is 9.83. The fourth-order valence-electron chi connectivity index (χ4n) is 4.02. The first-order valence-corrected chi connectivity index (χ1v) is 11.6. The molecule has 4 heterocycles. The number of carboxylic acids is 1. The van der Waals surface area contributed by atoms with E-state index in [-0.39, 0.29) is 12.1 Å². The van der Waals surface area contributed by atoms with Crippen LogP contribution in [0.3, 0.4) is 0 Å². The van der Waals surface area contributed by atoms with Gasteiger partial charge in [0.2, 0.25) is 5.82 Å². The normalized spacial score (nSPS) is 17.6. The van der Waals surface area contributed by atoms with Crippen LogP contribution >= 0.6 is 33.9 Å². The van der Waals surface area contributed by atoms with Gasteiger partial charge in [-0.2, -0.15) is 4.80 Å². The molecule has 3 aromatic rings. The number of piperidine rings is 1. The summed E-state index contributed by atoms with van der Waals surface area (Å²) in [5.74, 6) is 0.428. The average molecular weight is 538 g/mol. The maximum atomic E-state index is 10.8. The molecule has 30 heavy (non-hydrogen) atoms. The van der Waals surface area contributed by atoms with Crippen molar-refractivity contribution in [2.45, 2.75) is 37.8 Å². The van der Waals surface area contributed by atoms with Crippen molar-refractivity contribution in [3.8, 4) is 16.5 Å². The van der Waals surface area contributed by atoms with Crippen molar-refractivity contribution >= 4 is 45.0 Å². The minimum absolute atomic E-state index is 0.0882. The van der Waals surface area contributed by atoms with Crippen molar-refractivity contribution in [1.29, 1.82) is 0 Å².